The van der Waals surface area contributed by atoms with Gasteiger partial charge in [0.2, 0.25) is 11.8 Å². The lowest BCUT2D eigenvalue weighted by Gasteiger charge is -2.37. The summed E-state index contributed by atoms with van der Waals surface area (Å²) in [6.07, 6.45) is 1.08. The Kier molecular flexibility index (Phi) is 5.23. The van der Waals surface area contributed by atoms with Crippen molar-refractivity contribution in [3.8, 4) is 0 Å². The van der Waals surface area contributed by atoms with Crippen LogP contribution < -0.4 is 5.73 Å². The van der Waals surface area contributed by atoms with E-state index in [4.69, 9.17) is 5.73 Å². The van der Waals surface area contributed by atoms with E-state index in [1.165, 1.54) is 0 Å². The number of hydrogen-bond acceptors (Lipinski definition) is 4. The van der Waals surface area contributed by atoms with E-state index < -0.39 is 0 Å². The van der Waals surface area contributed by atoms with Crippen molar-refractivity contribution in [1.82, 2.24) is 9.80 Å². The summed E-state index contributed by atoms with van der Waals surface area (Å²) in [5.74, 6) is 1.67. The molecule has 2 atom stereocenters. The topological polar surface area (TPSA) is 66.6 Å². The van der Waals surface area contributed by atoms with Crippen molar-refractivity contribution in [3.63, 3.8) is 0 Å². The van der Waals surface area contributed by atoms with Gasteiger partial charge in [-0.1, -0.05) is 30.3 Å². The van der Waals surface area contributed by atoms with E-state index in [0.29, 0.717) is 25.9 Å². The first-order valence-electron chi connectivity index (χ1n) is 8.09. The molecule has 2 saturated heterocycles. The van der Waals surface area contributed by atoms with Crippen LogP contribution in [-0.4, -0.2) is 58.9 Å². The number of nitrogens with zero attached hydrogens (tertiary/aromatic N) is 2. The van der Waals surface area contributed by atoms with Gasteiger partial charge in [-0.25, -0.2) is 0 Å². The zero-order valence-electron chi connectivity index (χ0n) is 13.2. The molecular weight excluding hydrogens is 310 g/mol. The normalized spacial score (nSPS) is 24.7. The van der Waals surface area contributed by atoms with Gasteiger partial charge in [-0.15, -0.1) is 11.8 Å². The first-order chi connectivity index (χ1) is 11.1. The van der Waals surface area contributed by atoms with Gasteiger partial charge in [-0.2, -0.15) is 0 Å². The molecule has 2 amide bonds. The molecule has 0 aliphatic carbocycles. The first-order valence-corrected chi connectivity index (χ1v) is 9.24. The lowest BCUT2D eigenvalue weighted by Crippen LogP contribution is -2.55. The predicted molar refractivity (Wildman–Crippen MR) is 91.8 cm³/mol. The van der Waals surface area contributed by atoms with Crippen LogP contribution in [0.4, 0.5) is 0 Å². The second kappa shape index (κ2) is 7.36. The number of nitrogens with two attached hydrogens (primary N) is 1. The molecular formula is C17H23N3O2S. The Hall–Kier alpha value is -1.53. The molecule has 6 heteroatoms. The van der Waals surface area contributed by atoms with Gasteiger partial charge in [-0.3, -0.25) is 9.59 Å². The van der Waals surface area contributed by atoms with Gasteiger partial charge in [-0.05, 0) is 12.0 Å². The Morgan fingerprint density at radius 3 is 2.65 bits per heavy atom. The summed E-state index contributed by atoms with van der Waals surface area (Å²) < 4.78 is 0. The van der Waals surface area contributed by atoms with Crippen LogP contribution in [0, 0.1) is 5.92 Å². The predicted octanol–water partition coefficient (Wildman–Crippen LogP) is 0.938. The molecule has 2 heterocycles. The summed E-state index contributed by atoms with van der Waals surface area (Å²) in [6, 6.07) is 9.58. The van der Waals surface area contributed by atoms with E-state index >= 15 is 0 Å². The van der Waals surface area contributed by atoms with Crippen LogP contribution in [0.2, 0.25) is 0 Å². The van der Waals surface area contributed by atoms with Crippen LogP contribution in [0.25, 0.3) is 0 Å². The minimum absolute atomic E-state index is 0.0803. The van der Waals surface area contributed by atoms with Crippen LogP contribution >= 0.6 is 11.8 Å². The van der Waals surface area contributed by atoms with Crippen molar-refractivity contribution in [3.05, 3.63) is 35.9 Å². The number of carbonyl (C=O) groups is 2. The van der Waals surface area contributed by atoms with Gasteiger partial charge in [0.25, 0.3) is 0 Å². The van der Waals surface area contributed by atoms with Crippen molar-refractivity contribution >= 4 is 23.6 Å². The van der Waals surface area contributed by atoms with Gasteiger partial charge in [0.05, 0.1) is 18.2 Å². The number of amides is 2. The first kappa shape index (κ1) is 16.3. The Morgan fingerprint density at radius 2 is 1.96 bits per heavy atom. The van der Waals surface area contributed by atoms with Gasteiger partial charge in [0.1, 0.15) is 0 Å². The largest absolute Gasteiger partial charge is 0.341 e. The summed E-state index contributed by atoms with van der Waals surface area (Å²) in [7, 11) is 0. The average molecular weight is 333 g/mol. The molecule has 0 bridgehead atoms. The number of rotatable bonds is 3. The SMILES string of the molecule is NC1CCN(C(=O)Cc2ccccc2)CC1C(=O)N1CCSC1. The monoisotopic (exact) mass is 333 g/mol. The fraction of sp³-hybridized carbons (Fsp3) is 0.529. The van der Waals surface area contributed by atoms with Gasteiger partial charge >= 0.3 is 0 Å². The number of benzene rings is 1. The van der Waals surface area contributed by atoms with E-state index in [2.05, 4.69) is 0 Å². The highest BCUT2D eigenvalue weighted by molar-refractivity contribution is 7.99. The van der Waals surface area contributed by atoms with Crippen molar-refractivity contribution in [1.29, 1.82) is 0 Å². The van der Waals surface area contributed by atoms with Crippen LogP contribution in [0.5, 0.6) is 0 Å². The molecule has 124 valence electrons. The van der Waals surface area contributed by atoms with E-state index in [1.54, 1.807) is 11.8 Å². The molecule has 23 heavy (non-hydrogen) atoms. The van der Waals surface area contributed by atoms with Gasteiger partial charge in [0.15, 0.2) is 0 Å². The number of thioether (sulfide) groups is 1. The van der Waals surface area contributed by atoms with Crippen molar-refractivity contribution in [2.45, 2.75) is 18.9 Å². The Bertz CT molecular complexity index is 560. The molecule has 2 aliphatic rings. The third-order valence-electron chi connectivity index (χ3n) is 4.60. The molecule has 3 rings (SSSR count). The lowest BCUT2D eigenvalue weighted by atomic mass is 9.91. The average Bonchev–Trinajstić information content (AvgIpc) is 3.10. The van der Waals surface area contributed by atoms with Crippen LogP contribution in [-0.2, 0) is 16.0 Å². The smallest absolute Gasteiger partial charge is 0.229 e. The standard InChI is InChI=1S/C17H23N3O2S/c18-15-6-7-19(16(21)10-13-4-2-1-3-5-13)11-14(15)17(22)20-8-9-23-12-20/h1-5,14-15H,6-12,18H2. The molecule has 0 spiro atoms. The highest BCUT2D eigenvalue weighted by Gasteiger charge is 2.36. The van der Waals surface area contributed by atoms with E-state index in [1.807, 2.05) is 40.1 Å². The van der Waals surface area contributed by atoms with Crippen LogP contribution in [0.1, 0.15) is 12.0 Å². The van der Waals surface area contributed by atoms with E-state index in [9.17, 15) is 9.59 Å². The van der Waals surface area contributed by atoms with Crippen molar-refractivity contribution < 1.29 is 9.59 Å². The molecule has 2 fully saturated rings. The third-order valence-corrected chi connectivity index (χ3v) is 5.56. The molecule has 2 N–H and O–H groups in total. The zero-order valence-corrected chi connectivity index (χ0v) is 14.0. The molecule has 2 unspecified atom stereocenters. The molecule has 0 saturated carbocycles. The maximum absolute atomic E-state index is 12.6. The molecule has 0 radical (unpaired) electrons. The summed E-state index contributed by atoms with van der Waals surface area (Å²) in [6.45, 7) is 1.89. The minimum Gasteiger partial charge on any atom is -0.341 e. The van der Waals surface area contributed by atoms with Gasteiger partial charge < -0.3 is 15.5 Å². The fourth-order valence-corrected chi connectivity index (χ4v) is 4.12. The third kappa shape index (κ3) is 3.87. The summed E-state index contributed by atoms with van der Waals surface area (Å²) in [4.78, 5) is 28.8. The van der Waals surface area contributed by atoms with E-state index in [-0.39, 0.29) is 23.8 Å². The van der Waals surface area contributed by atoms with Crippen LogP contribution in [0.3, 0.4) is 0 Å². The minimum atomic E-state index is -0.262. The molecule has 1 aromatic rings. The maximum atomic E-state index is 12.6. The fourth-order valence-electron chi connectivity index (χ4n) is 3.16. The molecule has 1 aromatic carbocycles. The van der Waals surface area contributed by atoms with Crippen LogP contribution in [0.15, 0.2) is 30.3 Å². The Labute approximate surface area is 141 Å². The number of piperidine rings is 1. The van der Waals surface area contributed by atoms with E-state index in [0.717, 1.165) is 23.7 Å². The summed E-state index contributed by atoms with van der Waals surface area (Å²) in [5.41, 5.74) is 7.18. The zero-order chi connectivity index (χ0) is 16.2. The van der Waals surface area contributed by atoms with Crippen molar-refractivity contribution in [2.75, 3.05) is 31.3 Å². The highest BCUT2D eigenvalue weighted by atomic mass is 32.2. The Balaban J connectivity index is 1.62. The summed E-state index contributed by atoms with van der Waals surface area (Å²) in [5, 5.41) is 0. The molecule has 5 nitrogen and oxygen atoms in total. The number of hydrogen-bond donors (Lipinski definition) is 1. The highest BCUT2D eigenvalue weighted by Crippen LogP contribution is 2.22. The Morgan fingerprint density at radius 1 is 1.17 bits per heavy atom. The van der Waals surface area contributed by atoms with Crippen molar-refractivity contribution in [2.24, 2.45) is 11.7 Å². The molecule has 0 aromatic heterocycles. The second-order valence-electron chi connectivity index (χ2n) is 6.20. The summed E-state index contributed by atoms with van der Waals surface area (Å²) >= 11 is 1.77. The van der Waals surface area contributed by atoms with Gasteiger partial charge in [0, 0.05) is 31.4 Å². The number of carbonyl (C=O) groups excluding carboxylic acids is 2. The quantitative estimate of drug-likeness (QED) is 0.894. The second-order valence-corrected chi connectivity index (χ2v) is 7.27. The molecule has 2 aliphatic heterocycles. The lowest BCUT2D eigenvalue weighted by molar-refractivity contribution is -0.140. The maximum Gasteiger partial charge on any atom is 0.229 e. The number of likely N-dealkylation sites (tertiary alicyclic amines) is 1.